The number of ether oxygens (including phenoxy) is 1. The summed E-state index contributed by atoms with van der Waals surface area (Å²) in [6.45, 7) is 4.27. The minimum absolute atomic E-state index is 0.0857. The van der Waals surface area contributed by atoms with Crippen molar-refractivity contribution in [3.05, 3.63) is 35.0 Å². The van der Waals surface area contributed by atoms with E-state index in [4.69, 9.17) is 4.74 Å². The third kappa shape index (κ3) is 3.85. The predicted molar refractivity (Wildman–Crippen MR) is 118 cm³/mol. The Balaban J connectivity index is 1.64. The van der Waals surface area contributed by atoms with Gasteiger partial charge in [-0.2, -0.15) is 0 Å². The van der Waals surface area contributed by atoms with Crippen LogP contribution < -0.4 is 5.32 Å². The number of nitrogens with zero attached hydrogens (tertiary/aromatic N) is 2. The fourth-order valence-electron chi connectivity index (χ4n) is 5.29. The lowest BCUT2D eigenvalue weighted by atomic mass is 9.75. The van der Waals surface area contributed by atoms with Crippen LogP contribution in [-0.2, 0) is 29.4 Å². The van der Waals surface area contributed by atoms with E-state index in [1.165, 1.54) is 41.4 Å². The van der Waals surface area contributed by atoms with Crippen LogP contribution in [0.1, 0.15) is 47.8 Å². The lowest BCUT2D eigenvalue weighted by Crippen LogP contribution is -2.39. The normalized spacial score (nSPS) is 19.5. The molecule has 1 saturated heterocycles. The molecule has 2 heterocycles. The van der Waals surface area contributed by atoms with Crippen molar-refractivity contribution in [3.63, 3.8) is 0 Å². The first-order valence-electron chi connectivity index (χ1n) is 11.2. The molecule has 2 aromatic rings. The molecule has 1 aliphatic carbocycles. The van der Waals surface area contributed by atoms with Gasteiger partial charge in [-0.15, -0.1) is 0 Å². The summed E-state index contributed by atoms with van der Waals surface area (Å²) in [6, 6.07) is 6.02. The zero-order chi connectivity index (χ0) is 21.3. The van der Waals surface area contributed by atoms with Crippen molar-refractivity contribution in [2.75, 3.05) is 33.4 Å². The van der Waals surface area contributed by atoms with E-state index in [2.05, 4.69) is 29.1 Å². The molecule has 1 aliphatic heterocycles. The van der Waals surface area contributed by atoms with Crippen LogP contribution in [0.4, 0.5) is 0 Å². The third-order valence-electron chi connectivity index (χ3n) is 7.12. The Hall–Kier alpha value is -2.34. The number of amides is 2. The molecule has 1 unspecified atom stereocenters. The van der Waals surface area contributed by atoms with Crippen LogP contribution in [0.5, 0.6) is 0 Å². The molecule has 1 N–H and O–H groups in total. The fraction of sp³-hybridized carbons (Fsp3) is 0.583. The number of carbonyl (C=O) groups excluding carboxylic acids is 2. The van der Waals surface area contributed by atoms with Crippen LogP contribution in [0, 0.1) is 11.8 Å². The van der Waals surface area contributed by atoms with Gasteiger partial charge in [-0.1, -0.05) is 0 Å². The number of fused-ring (bicyclic) bond motifs is 3. The van der Waals surface area contributed by atoms with Gasteiger partial charge < -0.3 is 19.5 Å². The lowest BCUT2D eigenvalue weighted by Gasteiger charge is -2.33. The molecule has 0 saturated carbocycles. The quantitative estimate of drug-likeness (QED) is 0.823. The molecule has 0 bridgehead atoms. The summed E-state index contributed by atoms with van der Waals surface area (Å²) in [5.41, 5.74) is 4.68. The SMILES string of the molecule is CCN(CC(=O)NC)C(=O)c1ccc2c(c1)c1c(n2C)CCC(C2CCOCC2)C1. The summed E-state index contributed by atoms with van der Waals surface area (Å²) in [5.74, 6) is 1.21. The summed E-state index contributed by atoms with van der Waals surface area (Å²) in [6.07, 6.45) is 5.76. The van der Waals surface area contributed by atoms with Gasteiger partial charge in [-0.25, -0.2) is 0 Å². The number of hydrogen-bond acceptors (Lipinski definition) is 3. The van der Waals surface area contributed by atoms with Crippen LogP contribution in [0.15, 0.2) is 18.2 Å². The van der Waals surface area contributed by atoms with Crippen LogP contribution in [0.3, 0.4) is 0 Å². The Morgan fingerprint density at radius 1 is 1.20 bits per heavy atom. The van der Waals surface area contributed by atoms with Gasteiger partial charge in [0.2, 0.25) is 5.91 Å². The van der Waals surface area contributed by atoms with E-state index in [0.29, 0.717) is 18.0 Å². The van der Waals surface area contributed by atoms with Gasteiger partial charge in [0.15, 0.2) is 0 Å². The van der Waals surface area contributed by atoms with Crippen molar-refractivity contribution < 1.29 is 14.3 Å². The molecule has 162 valence electrons. The van der Waals surface area contributed by atoms with Crippen molar-refractivity contribution >= 4 is 22.7 Å². The van der Waals surface area contributed by atoms with Gasteiger partial charge in [0.1, 0.15) is 0 Å². The maximum absolute atomic E-state index is 13.1. The molecule has 1 aromatic carbocycles. The van der Waals surface area contributed by atoms with Gasteiger partial charge >= 0.3 is 0 Å². The van der Waals surface area contributed by atoms with Crippen molar-refractivity contribution in [1.29, 1.82) is 0 Å². The maximum Gasteiger partial charge on any atom is 0.254 e. The average molecular weight is 412 g/mol. The number of carbonyl (C=O) groups is 2. The average Bonchev–Trinajstić information content (AvgIpc) is 3.08. The Kier molecular flexibility index (Phi) is 6.14. The van der Waals surface area contributed by atoms with E-state index in [9.17, 15) is 9.59 Å². The minimum Gasteiger partial charge on any atom is -0.381 e. The highest BCUT2D eigenvalue weighted by atomic mass is 16.5. The smallest absolute Gasteiger partial charge is 0.254 e. The van der Waals surface area contributed by atoms with Crippen molar-refractivity contribution in [1.82, 2.24) is 14.8 Å². The second-order valence-electron chi connectivity index (χ2n) is 8.66. The van der Waals surface area contributed by atoms with Gasteiger partial charge in [-0.05, 0) is 74.6 Å². The number of likely N-dealkylation sites (N-methyl/N-ethyl adjacent to an activating group) is 2. The van der Waals surface area contributed by atoms with Gasteiger partial charge in [0.25, 0.3) is 5.91 Å². The molecule has 2 aliphatic rings. The lowest BCUT2D eigenvalue weighted by molar-refractivity contribution is -0.121. The molecule has 30 heavy (non-hydrogen) atoms. The largest absolute Gasteiger partial charge is 0.381 e. The summed E-state index contributed by atoms with van der Waals surface area (Å²) in [5, 5.41) is 3.80. The molecule has 4 rings (SSSR count). The molecule has 0 spiro atoms. The standard InChI is InChI=1S/C24H33N3O3/c1-4-27(15-23(28)25-2)24(29)18-6-8-22-20(14-18)19-13-17(5-7-21(19)26(22)3)16-9-11-30-12-10-16/h6,8,14,16-17H,4-5,7,9-13,15H2,1-3H3,(H,25,28). The Morgan fingerprint density at radius 3 is 2.67 bits per heavy atom. The van der Waals surface area contributed by atoms with E-state index in [1.54, 1.807) is 11.9 Å². The molecule has 1 aromatic heterocycles. The monoisotopic (exact) mass is 411 g/mol. The first-order valence-corrected chi connectivity index (χ1v) is 11.2. The van der Waals surface area contributed by atoms with Crippen LogP contribution >= 0.6 is 0 Å². The van der Waals surface area contributed by atoms with E-state index < -0.39 is 0 Å². The minimum atomic E-state index is -0.150. The van der Waals surface area contributed by atoms with Crippen molar-refractivity contribution in [2.45, 2.75) is 39.0 Å². The summed E-state index contributed by atoms with van der Waals surface area (Å²) < 4.78 is 7.88. The van der Waals surface area contributed by atoms with Gasteiger partial charge in [0, 0.05) is 56.0 Å². The molecular formula is C24H33N3O3. The van der Waals surface area contributed by atoms with Gasteiger partial charge in [0.05, 0.1) is 6.54 Å². The summed E-state index contributed by atoms with van der Waals surface area (Å²) in [7, 11) is 3.74. The highest BCUT2D eigenvalue weighted by molar-refractivity contribution is 6.00. The highest BCUT2D eigenvalue weighted by Crippen LogP contribution is 2.39. The topological polar surface area (TPSA) is 63.6 Å². The predicted octanol–water partition coefficient (Wildman–Crippen LogP) is 2.92. The Bertz CT molecular complexity index is 943. The van der Waals surface area contributed by atoms with Gasteiger partial charge in [-0.3, -0.25) is 9.59 Å². The van der Waals surface area contributed by atoms with E-state index in [0.717, 1.165) is 32.0 Å². The number of benzene rings is 1. The molecule has 1 atom stereocenters. The number of aryl methyl sites for hydroxylation is 1. The number of nitrogens with one attached hydrogen (secondary N) is 1. The second-order valence-corrected chi connectivity index (χ2v) is 8.66. The molecule has 6 nitrogen and oxygen atoms in total. The van der Waals surface area contributed by atoms with E-state index in [1.807, 2.05) is 13.0 Å². The Morgan fingerprint density at radius 2 is 1.97 bits per heavy atom. The maximum atomic E-state index is 13.1. The van der Waals surface area contributed by atoms with E-state index in [-0.39, 0.29) is 18.4 Å². The number of aromatic nitrogens is 1. The Labute approximate surface area is 178 Å². The van der Waals surface area contributed by atoms with Crippen LogP contribution in [-0.4, -0.2) is 54.6 Å². The molecule has 6 heteroatoms. The van der Waals surface area contributed by atoms with Crippen molar-refractivity contribution in [2.24, 2.45) is 18.9 Å². The number of hydrogen-bond donors (Lipinski definition) is 1. The summed E-state index contributed by atoms with van der Waals surface area (Å²) in [4.78, 5) is 26.5. The van der Waals surface area contributed by atoms with Crippen molar-refractivity contribution in [3.8, 4) is 0 Å². The van der Waals surface area contributed by atoms with Crippen LogP contribution in [0.25, 0.3) is 10.9 Å². The molecule has 0 radical (unpaired) electrons. The zero-order valence-corrected chi connectivity index (χ0v) is 18.4. The first-order chi connectivity index (χ1) is 14.5. The second kappa shape index (κ2) is 8.80. The first kappa shape index (κ1) is 20.9. The molecule has 1 fully saturated rings. The molecular weight excluding hydrogens is 378 g/mol. The summed E-state index contributed by atoms with van der Waals surface area (Å²) >= 11 is 0. The fourth-order valence-corrected chi connectivity index (χ4v) is 5.29. The molecule has 2 amide bonds. The third-order valence-corrected chi connectivity index (χ3v) is 7.12. The van der Waals surface area contributed by atoms with E-state index >= 15 is 0 Å². The number of rotatable bonds is 5. The highest BCUT2D eigenvalue weighted by Gasteiger charge is 2.31. The zero-order valence-electron chi connectivity index (χ0n) is 18.4. The van der Waals surface area contributed by atoms with Crippen LogP contribution in [0.2, 0.25) is 0 Å².